The maximum Gasteiger partial charge on any atom is 0.101 e. The van der Waals surface area contributed by atoms with Gasteiger partial charge in [-0.1, -0.05) is 19.1 Å². The third-order valence-corrected chi connectivity index (χ3v) is 7.08. The van der Waals surface area contributed by atoms with Crippen molar-refractivity contribution in [1.82, 2.24) is 9.97 Å². The van der Waals surface area contributed by atoms with Crippen LogP contribution < -0.4 is 9.80 Å². The Morgan fingerprint density at radius 1 is 0.971 bits per heavy atom. The molecule has 0 amide bonds. The minimum absolute atomic E-state index is 0.386. The summed E-state index contributed by atoms with van der Waals surface area (Å²) in [6.45, 7) is 8.35. The van der Waals surface area contributed by atoms with Gasteiger partial charge < -0.3 is 9.80 Å². The molecule has 1 aliphatic heterocycles. The van der Waals surface area contributed by atoms with Crippen LogP contribution in [-0.4, -0.2) is 36.1 Å². The van der Waals surface area contributed by atoms with Crippen molar-refractivity contribution in [1.29, 1.82) is 5.26 Å². The van der Waals surface area contributed by atoms with E-state index in [9.17, 15) is 5.26 Å². The van der Waals surface area contributed by atoms with Gasteiger partial charge in [0.05, 0.1) is 11.1 Å². The van der Waals surface area contributed by atoms with Crippen LogP contribution in [0.5, 0.6) is 0 Å². The Morgan fingerprint density at radius 2 is 1.71 bits per heavy atom. The summed E-state index contributed by atoms with van der Waals surface area (Å²) in [7, 11) is 2.20. The quantitative estimate of drug-likeness (QED) is 0.366. The summed E-state index contributed by atoms with van der Waals surface area (Å²) in [5, 5.41) is 10.6. The summed E-state index contributed by atoms with van der Waals surface area (Å²) in [5.74, 6) is 0.556. The third-order valence-electron chi connectivity index (χ3n) is 7.08. The van der Waals surface area contributed by atoms with Crippen LogP contribution in [0.2, 0.25) is 0 Å². The van der Waals surface area contributed by atoms with Gasteiger partial charge >= 0.3 is 0 Å². The van der Waals surface area contributed by atoms with E-state index in [1.54, 1.807) is 6.20 Å². The van der Waals surface area contributed by atoms with Gasteiger partial charge in [0, 0.05) is 60.5 Å². The van der Waals surface area contributed by atoms with Gasteiger partial charge in [-0.05, 0) is 85.8 Å². The van der Waals surface area contributed by atoms with Gasteiger partial charge in [-0.3, -0.25) is 9.97 Å². The van der Waals surface area contributed by atoms with Crippen molar-refractivity contribution in [3.05, 3.63) is 83.8 Å². The van der Waals surface area contributed by atoms with Gasteiger partial charge in [0.2, 0.25) is 0 Å². The second-order valence-electron chi connectivity index (χ2n) is 9.84. The summed E-state index contributed by atoms with van der Waals surface area (Å²) < 4.78 is 0. The number of rotatable bonds is 4. The minimum Gasteiger partial charge on any atom is -0.370 e. The van der Waals surface area contributed by atoms with Crippen LogP contribution in [-0.2, 0) is 0 Å². The van der Waals surface area contributed by atoms with Gasteiger partial charge in [0.25, 0.3) is 0 Å². The first-order valence-corrected chi connectivity index (χ1v) is 12.2. The predicted octanol–water partition coefficient (Wildman–Crippen LogP) is 6.14. The highest BCUT2D eigenvalue weighted by atomic mass is 15.2. The third kappa shape index (κ3) is 4.57. The highest BCUT2D eigenvalue weighted by molar-refractivity contribution is 5.95. The first-order chi connectivity index (χ1) is 16.9. The highest BCUT2D eigenvalue weighted by Crippen LogP contribution is 2.33. The fourth-order valence-electron chi connectivity index (χ4n) is 5.42. The minimum atomic E-state index is 0.386. The Morgan fingerprint density at radius 3 is 2.43 bits per heavy atom. The molecule has 1 fully saturated rings. The van der Waals surface area contributed by atoms with Crippen LogP contribution in [0.3, 0.4) is 0 Å². The molecule has 4 aromatic rings. The van der Waals surface area contributed by atoms with Crippen molar-refractivity contribution in [2.75, 3.05) is 29.9 Å². The van der Waals surface area contributed by atoms with E-state index in [0.29, 0.717) is 17.5 Å². The Labute approximate surface area is 207 Å². The molecule has 0 saturated carbocycles. The van der Waals surface area contributed by atoms with Gasteiger partial charge in [-0.15, -0.1) is 0 Å². The molecule has 176 valence electrons. The molecule has 1 saturated heterocycles. The number of hydrogen-bond acceptors (Lipinski definition) is 5. The molecule has 0 bridgehead atoms. The van der Waals surface area contributed by atoms with E-state index in [0.717, 1.165) is 47.5 Å². The molecule has 0 unspecified atom stereocenters. The van der Waals surface area contributed by atoms with Gasteiger partial charge in [-0.2, -0.15) is 5.26 Å². The van der Waals surface area contributed by atoms with Crippen LogP contribution in [0.1, 0.15) is 30.3 Å². The lowest BCUT2D eigenvalue weighted by molar-refractivity contribution is 0.392. The Bertz CT molecular complexity index is 1380. The Hall–Kier alpha value is -3.91. The van der Waals surface area contributed by atoms with Crippen molar-refractivity contribution < 1.29 is 0 Å². The topological polar surface area (TPSA) is 56.0 Å². The number of anilines is 2. The van der Waals surface area contributed by atoms with Crippen LogP contribution in [0.15, 0.2) is 66.9 Å². The standard InChI is InChI=1S/C30H31N5/c1-20-14-27(19-35(18-20)29-12-9-24(17-31)30-28(29)6-5-13-32-30)34(4)26-10-7-23(8-11-26)25-15-21(2)33-22(3)16-25/h5-13,15-16,20,27H,14,18-19H2,1-4H3/t20-,27+/m0/s1. The van der Waals surface area contributed by atoms with Crippen molar-refractivity contribution in [3.8, 4) is 17.2 Å². The number of aryl methyl sites for hydroxylation is 2. The van der Waals surface area contributed by atoms with Crippen molar-refractivity contribution in [3.63, 3.8) is 0 Å². The van der Waals surface area contributed by atoms with Crippen molar-refractivity contribution in [2.24, 2.45) is 5.92 Å². The largest absolute Gasteiger partial charge is 0.370 e. The maximum atomic E-state index is 9.53. The molecule has 1 aliphatic rings. The molecule has 0 aliphatic carbocycles. The first-order valence-electron chi connectivity index (χ1n) is 12.2. The van der Waals surface area contributed by atoms with E-state index in [1.165, 1.54) is 16.8 Å². The molecule has 35 heavy (non-hydrogen) atoms. The second-order valence-corrected chi connectivity index (χ2v) is 9.84. The summed E-state index contributed by atoms with van der Waals surface area (Å²) in [5.41, 5.74) is 8.31. The zero-order valence-corrected chi connectivity index (χ0v) is 20.9. The molecule has 5 nitrogen and oxygen atoms in total. The molecule has 2 aromatic carbocycles. The molecule has 5 heteroatoms. The lowest BCUT2D eigenvalue weighted by Gasteiger charge is -2.43. The summed E-state index contributed by atoms with van der Waals surface area (Å²) in [6.07, 6.45) is 2.91. The number of nitriles is 1. The van der Waals surface area contributed by atoms with E-state index < -0.39 is 0 Å². The van der Waals surface area contributed by atoms with E-state index in [4.69, 9.17) is 0 Å². The normalized spacial score (nSPS) is 17.9. The van der Waals surface area contributed by atoms with Crippen LogP contribution >= 0.6 is 0 Å². The van der Waals surface area contributed by atoms with Crippen molar-refractivity contribution in [2.45, 2.75) is 33.2 Å². The zero-order valence-electron chi connectivity index (χ0n) is 20.9. The Kier molecular flexibility index (Phi) is 6.13. The average Bonchev–Trinajstić information content (AvgIpc) is 2.86. The van der Waals surface area contributed by atoms with Crippen LogP contribution in [0.25, 0.3) is 22.0 Å². The van der Waals surface area contributed by atoms with Crippen LogP contribution in [0.4, 0.5) is 11.4 Å². The first kappa shape index (κ1) is 22.9. The molecule has 3 heterocycles. The SMILES string of the molecule is Cc1cc(-c2ccc(N(C)[C@@H]3C[C@H](C)CN(c4ccc(C#N)c5ncccc45)C3)cc2)cc(C)n1. The summed E-state index contributed by atoms with van der Waals surface area (Å²) in [4.78, 5) is 13.9. The number of hydrogen-bond donors (Lipinski definition) is 0. The van der Waals surface area contributed by atoms with E-state index in [2.05, 4.69) is 88.3 Å². The molecule has 2 aromatic heterocycles. The maximum absolute atomic E-state index is 9.53. The highest BCUT2D eigenvalue weighted by Gasteiger charge is 2.29. The predicted molar refractivity (Wildman–Crippen MR) is 144 cm³/mol. The molecular formula is C30H31N5. The molecular weight excluding hydrogens is 430 g/mol. The summed E-state index contributed by atoms with van der Waals surface area (Å²) >= 11 is 0. The van der Waals surface area contributed by atoms with Crippen LogP contribution in [0, 0.1) is 31.1 Å². The molecule has 0 N–H and O–H groups in total. The fraction of sp³-hybridized carbons (Fsp3) is 0.300. The molecule has 2 atom stereocenters. The summed E-state index contributed by atoms with van der Waals surface area (Å²) in [6, 6.07) is 23.9. The van der Waals surface area contributed by atoms with E-state index in [1.807, 2.05) is 26.0 Å². The number of likely N-dealkylation sites (N-methyl/N-ethyl adjacent to an activating group) is 1. The zero-order chi connectivity index (χ0) is 24.5. The van der Waals surface area contributed by atoms with Gasteiger partial charge in [0.15, 0.2) is 0 Å². The second kappa shape index (κ2) is 9.38. The molecule has 5 rings (SSSR count). The number of pyridine rings is 2. The number of benzene rings is 2. The number of piperidine rings is 1. The van der Waals surface area contributed by atoms with Gasteiger partial charge in [-0.25, -0.2) is 0 Å². The average molecular weight is 462 g/mol. The smallest absolute Gasteiger partial charge is 0.101 e. The van der Waals surface area contributed by atoms with E-state index in [-0.39, 0.29) is 0 Å². The lowest BCUT2D eigenvalue weighted by atomic mass is 9.93. The van der Waals surface area contributed by atoms with Crippen molar-refractivity contribution >= 4 is 22.3 Å². The molecule has 0 radical (unpaired) electrons. The Balaban J connectivity index is 1.40. The molecule has 0 spiro atoms. The lowest BCUT2D eigenvalue weighted by Crippen LogP contribution is -2.49. The van der Waals surface area contributed by atoms with E-state index >= 15 is 0 Å². The fourth-order valence-corrected chi connectivity index (χ4v) is 5.42. The monoisotopic (exact) mass is 461 g/mol. The number of nitrogens with zero attached hydrogens (tertiary/aromatic N) is 5. The number of aromatic nitrogens is 2. The number of fused-ring (bicyclic) bond motifs is 1. The van der Waals surface area contributed by atoms with Gasteiger partial charge in [0.1, 0.15) is 6.07 Å².